The van der Waals surface area contributed by atoms with Gasteiger partial charge in [-0.25, -0.2) is 4.79 Å². The molecule has 0 N–H and O–H groups in total. The highest BCUT2D eigenvalue weighted by Crippen LogP contribution is 2.27. The number of benzene rings is 3. The molecule has 0 fully saturated rings. The van der Waals surface area contributed by atoms with Crippen LogP contribution in [0.15, 0.2) is 72.8 Å². The van der Waals surface area contributed by atoms with Gasteiger partial charge in [-0.05, 0) is 48.0 Å². The fraction of sp³-hybridized carbons (Fsp3) is 0.0769. The summed E-state index contributed by atoms with van der Waals surface area (Å²) in [4.78, 5) is 38.0. The molecular formula is C26H18N2O5. The number of ether oxygens (including phenoxy) is 2. The van der Waals surface area contributed by atoms with Gasteiger partial charge in [0.25, 0.3) is 11.8 Å². The fourth-order valence-electron chi connectivity index (χ4n) is 3.51. The number of methoxy groups -OCH3 is 1. The second kappa shape index (κ2) is 9.20. The molecule has 0 saturated heterocycles. The van der Waals surface area contributed by atoms with Crippen molar-refractivity contribution in [2.45, 2.75) is 0 Å². The van der Waals surface area contributed by atoms with Crippen LogP contribution in [-0.4, -0.2) is 36.3 Å². The fourth-order valence-corrected chi connectivity index (χ4v) is 3.51. The summed E-state index contributed by atoms with van der Waals surface area (Å²) in [6, 6.07) is 22.3. The highest BCUT2D eigenvalue weighted by molar-refractivity contribution is 6.22. The Morgan fingerprint density at radius 2 is 1.55 bits per heavy atom. The second-order valence-corrected chi connectivity index (χ2v) is 7.16. The van der Waals surface area contributed by atoms with Crippen molar-refractivity contribution in [3.63, 3.8) is 0 Å². The van der Waals surface area contributed by atoms with Crippen LogP contribution in [0.1, 0.15) is 31.8 Å². The molecule has 0 saturated carbocycles. The SMILES string of the molecule is COc1ccccc1/C(C#N)=C\c1ccc(OC(=O)CN2C(=O)c3ccccc3C2=O)cc1. The minimum Gasteiger partial charge on any atom is -0.496 e. The summed E-state index contributed by atoms with van der Waals surface area (Å²) in [6.45, 7) is -0.486. The zero-order chi connectivity index (χ0) is 23.4. The number of nitriles is 1. The molecule has 1 heterocycles. The molecule has 7 heteroatoms. The van der Waals surface area contributed by atoms with Gasteiger partial charge in [0.15, 0.2) is 0 Å². The molecule has 1 aliphatic heterocycles. The van der Waals surface area contributed by atoms with Crippen molar-refractivity contribution >= 4 is 29.4 Å². The van der Waals surface area contributed by atoms with Gasteiger partial charge in [-0.2, -0.15) is 5.26 Å². The Morgan fingerprint density at radius 3 is 2.15 bits per heavy atom. The maximum atomic E-state index is 12.4. The Morgan fingerprint density at radius 1 is 0.939 bits per heavy atom. The van der Waals surface area contributed by atoms with Crippen LogP contribution in [0.3, 0.4) is 0 Å². The Kier molecular flexibility index (Phi) is 6.00. The van der Waals surface area contributed by atoms with Crippen molar-refractivity contribution in [1.29, 1.82) is 5.26 Å². The van der Waals surface area contributed by atoms with E-state index in [-0.39, 0.29) is 16.9 Å². The Hall–Kier alpha value is -4.70. The number of allylic oxidation sites excluding steroid dienone is 1. The number of hydrogen-bond acceptors (Lipinski definition) is 6. The second-order valence-electron chi connectivity index (χ2n) is 7.16. The number of hydrogen-bond donors (Lipinski definition) is 0. The van der Waals surface area contributed by atoms with Gasteiger partial charge in [-0.15, -0.1) is 0 Å². The topological polar surface area (TPSA) is 96.7 Å². The van der Waals surface area contributed by atoms with Crippen LogP contribution in [0.2, 0.25) is 0 Å². The lowest BCUT2D eigenvalue weighted by molar-refractivity contribution is -0.134. The Bertz CT molecular complexity index is 1280. The highest BCUT2D eigenvalue weighted by Gasteiger charge is 2.36. The number of fused-ring (bicyclic) bond motifs is 1. The van der Waals surface area contributed by atoms with E-state index in [1.807, 2.05) is 12.1 Å². The molecule has 0 aliphatic carbocycles. The molecule has 2 amide bonds. The maximum Gasteiger partial charge on any atom is 0.331 e. The van der Waals surface area contributed by atoms with E-state index in [4.69, 9.17) is 9.47 Å². The third-order valence-corrected chi connectivity index (χ3v) is 5.11. The first kappa shape index (κ1) is 21.5. The van der Waals surface area contributed by atoms with E-state index in [2.05, 4.69) is 6.07 Å². The van der Waals surface area contributed by atoms with Gasteiger partial charge in [0.2, 0.25) is 0 Å². The first-order valence-electron chi connectivity index (χ1n) is 10.0. The van der Waals surface area contributed by atoms with E-state index in [1.165, 1.54) is 0 Å². The summed E-state index contributed by atoms with van der Waals surface area (Å²) in [5, 5.41) is 9.58. The third-order valence-electron chi connectivity index (χ3n) is 5.11. The third kappa shape index (κ3) is 4.36. The number of rotatable bonds is 6. The minimum absolute atomic E-state index is 0.254. The summed E-state index contributed by atoms with van der Waals surface area (Å²) in [6.07, 6.45) is 1.70. The van der Waals surface area contributed by atoms with Crippen molar-refractivity contribution in [2.24, 2.45) is 0 Å². The molecule has 0 aromatic heterocycles. The van der Waals surface area contributed by atoms with Gasteiger partial charge >= 0.3 is 5.97 Å². The number of para-hydroxylation sites is 1. The van der Waals surface area contributed by atoms with Crippen LogP contribution < -0.4 is 9.47 Å². The lowest BCUT2D eigenvalue weighted by atomic mass is 10.0. The number of nitrogens with zero attached hydrogens (tertiary/aromatic N) is 2. The molecule has 7 nitrogen and oxygen atoms in total. The first-order valence-corrected chi connectivity index (χ1v) is 10.0. The summed E-state index contributed by atoms with van der Waals surface area (Å²) in [5.41, 5.74) is 2.35. The van der Waals surface area contributed by atoms with E-state index in [0.29, 0.717) is 16.9 Å². The van der Waals surface area contributed by atoms with Crippen LogP contribution in [0.4, 0.5) is 0 Å². The lowest BCUT2D eigenvalue weighted by Gasteiger charge is -2.13. The van der Waals surface area contributed by atoms with Gasteiger partial charge in [0.05, 0.1) is 29.9 Å². The van der Waals surface area contributed by atoms with Crippen LogP contribution in [0.5, 0.6) is 11.5 Å². The summed E-state index contributed by atoms with van der Waals surface area (Å²) in [5.74, 6) is -0.935. The predicted octanol–water partition coefficient (Wildman–Crippen LogP) is 3.96. The standard InChI is InChI=1S/C26H18N2O5/c1-32-23-9-5-4-6-20(23)18(15-27)14-17-10-12-19(13-11-17)33-24(29)16-28-25(30)21-7-2-3-8-22(21)26(28)31/h2-14H,16H2,1H3/b18-14-. The molecule has 33 heavy (non-hydrogen) atoms. The van der Waals surface area contributed by atoms with Crippen LogP contribution in [0.25, 0.3) is 11.6 Å². The van der Waals surface area contributed by atoms with E-state index in [1.54, 1.807) is 73.8 Å². The molecule has 0 atom stereocenters. The summed E-state index contributed by atoms with van der Waals surface area (Å²) < 4.78 is 10.6. The van der Waals surface area contributed by atoms with Crippen molar-refractivity contribution in [3.8, 4) is 17.6 Å². The van der Waals surface area contributed by atoms with Crippen molar-refractivity contribution in [3.05, 3.63) is 95.1 Å². The van der Waals surface area contributed by atoms with Gasteiger partial charge in [-0.1, -0.05) is 36.4 Å². The van der Waals surface area contributed by atoms with Crippen molar-refractivity contribution in [2.75, 3.05) is 13.7 Å². The molecule has 4 rings (SSSR count). The molecule has 3 aromatic carbocycles. The average Bonchev–Trinajstić information content (AvgIpc) is 3.08. The van der Waals surface area contributed by atoms with Gasteiger partial charge in [-0.3, -0.25) is 14.5 Å². The molecule has 0 bridgehead atoms. The average molecular weight is 438 g/mol. The molecular weight excluding hydrogens is 420 g/mol. The first-order chi connectivity index (χ1) is 16.0. The Balaban J connectivity index is 1.44. The molecule has 162 valence electrons. The molecule has 3 aromatic rings. The number of imide groups is 1. The van der Waals surface area contributed by atoms with Crippen LogP contribution in [0, 0.1) is 11.3 Å². The van der Waals surface area contributed by atoms with Gasteiger partial charge in [0, 0.05) is 5.56 Å². The number of carbonyl (C=O) groups excluding carboxylic acids is 3. The smallest absolute Gasteiger partial charge is 0.331 e. The quantitative estimate of drug-likeness (QED) is 0.190. The van der Waals surface area contributed by atoms with Crippen LogP contribution in [-0.2, 0) is 4.79 Å². The van der Waals surface area contributed by atoms with Gasteiger partial charge < -0.3 is 9.47 Å². The van der Waals surface area contributed by atoms with Crippen molar-refractivity contribution in [1.82, 2.24) is 4.90 Å². The molecule has 0 unspecified atom stereocenters. The largest absolute Gasteiger partial charge is 0.496 e. The zero-order valence-electron chi connectivity index (χ0n) is 17.6. The van der Waals surface area contributed by atoms with Crippen LogP contribution >= 0.6 is 0 Å². The molecule has 0 radical (unpaired) electrons. The normalized spacial score (nSPS) is 12.8. The predicted molar refractivity (Wildman–Crippen MR) is 120 cm³/mol. The van der Waals surface area contributed by atoms with Crippen molar-refractivity contribution < 1.29 is 23.9 Å². The van der Waals surface area contributed by atoms with E-state index in [0.717, 1.165) is 10.5 Å². The minimum atomic E-state index is -0.737. The number of amides is 2. The molecule has 0 spiro atoms. The molecule has 1 aliphatic rings. The zero-order valence-corrected chi connectivity index (χ0v) is 17.6. The van der Waals surface area contributed by atoms with E-state index in [9.17, 15) is 19.6 Å². The number of carbonyl (C=O) groups is 3. The Labute approximate surface area is 190 Å². The summed E-state index contributed by atoms with van der Waals surface area (Å²) in [7, 11) is 1.54. The van der Waals surface area contributed by atoms with E-state index < -0.39 is 24.3 Å². The highest BCUT2D eigenvalue weighted by atomic mass is 16.5. The van der Waals surface area contributed by atoms with E-state index >= 15 is 0 Å². The maximum absolute atomic E-state index is 12.4. The lowest BCUT2D eigenvalue weighted by Crippen LogP contribution is -2.36. The number of esters is 1. The van der Waals surface area contributed by atoms with Gasteiger partial charge in [0.1, 0.15) is 18.0 Å². The monoisotopic (exact) mass is 438 g/mol. The summed E-state index contributed by atoms with van der Waals surface area (Å²) >= 11 is 0.